The van der Waals surface area contributed by atoms with E-state index in [1.54, 1.807) is 6.07 Å². The normalized spacial score (nSPS) is 12.0. The Hall–Kier alpha value is -0.120. The summed E-state index contributed by atoms with van der Waals surface area (Å²) in [7, 11) is 0. The second-order valence-corrected chi connectivity index (χ2v) is 4.27. The SMILES string of the molecule is CCCC[C@@H](N)c1ccc(F)cc1Br.Cl. The van der Waals surface area contributed by atoms with Crippen molar-refractivity contribution >= 4 is 28.3 Å². The van der Waals surface area contributed by atoms with E-state index in [0.29, 0.717) is 0 Å². The molecule has 2 N–H and O–H groups in total. The van der Waals surface area contributed by atoms with Crippen LogP contribution in [-0.2, 0) is 0 Å². The molecule has 0 radical (unpaired) electrons. The monoisotopic (exact) mass is 295 g/mol. The van der Waals surface area contributed by atoms with Crippen molar-refractivity contribution in [3.63, 3.8) is 0 Å². The molecule has 1 atom stereocenters. The maximum absolute atomic E-state index is 12.8. The van der Waals surface area contributed by atoms with Crippen molar-refractivity contribution in [2.45, 2.75) is 32.2 Å². The van der Waals surface area contributed by atoms with Gasteiger partial charge < -0.3 is 5.73 Å². The molecule has 0 heterocycles. The average Bonchev–Trinajstić information content (AvgIpc) is 2.14. The minimum Gasteiger partial charge on any atom is -0.324 e. The van der Waals surface area contributed by atoms with Gasteiger partial charge in [-0.05, 0) is 24.1 Å². The predicted molar refractivity (Wildman–Crippen MR) is 67.8 cm³/mol. The van der Waals surface area contributed by atoms with Crippen LogP contribution >= 0.6 is 28.3 Å². The third-order valence-electron chi connectivity index (χ3n) is 2.23. The van der Waals surface area contributed by atoms with Crippen molar-refractivity contribution in [1.82, 2.24) is 0 Å². The number of hydrogen-bond acceptors (Lipinski definition) is 1. The minimum atomic E-state index is -0.233. The lowest BCUT2D eigenvalue weighted by atomic mass is 10.0. The molecule has 0 aliphatic carbocycles. The van der Waals surface area contributed by atoms with E-state index in [9.17, 15) is 4.39 Å². The summed E-state index contributed by atoms with van der Waals surface area (Å²) in [5.74, 6) is -0.233. The molecule has 1 rings (SSSR count). The zero-order valence-electron chi connectivity index (χ0n) is 8.67. The van der Waals surface area contributed by atoms with Gasteiger partial charge in [0, 0.05) is 10.5 Å². The Balaban J connectivity index is 0.00000196. The topological polar surface area (TPSA) is 26.0 Å². The fourth-order valence-corrected chi connectivity index (χ4v) is 2.03. The summed E-state index contributed by atoms with van der Waals surface area (Å²) in [6.45, 7) is 2.13. The van der Waals surface area contributed by atoms with E-state index in [-0.39, 0.29) is 24.3 Å². The number of benzene rings is 1. The molecule has 0 fully saturated rings. The lowest BCUT2D eigenvalue weighted by Gasteiger charge is -2.13. The standard InChI is InChI=1S/C11H15BrFN.ClH/c1-2-3-4-11(14)9-6-5-8(13)7-10(9)12;/h5-7,11H,2-4,14H2,1H3;1H/t11-;/m1./s1. The van der Waals surface area contributed by atoms with Gasteiger partial charge in [0.25, 0.3) is 0 Å². The molecule has 0 amide bonds. The number of unbranched alkanes of at least 4 members (excludes halogenated alkanes) is 1. The van der Waals surface area contributed by atoms with Crippen LogP contribution in [0.1, 0.15) is 37.8 Å². The first-order chi connectivity index (χ1) is 6.65. The number of halogens is 3. The summed E-state index contributed by atoms with van der Waals surface area (Å²) < 4.78 is 13.6. The van der Waals surface area contributed by atoms with E-state index < -0.39 is 0 Å². The second kappa shape index (κ2) is 7.20. The lowest BCUT2D eigenvalue weighted by molar-refractivity contribution is 0.594. The van der Waals surface area contributed by atoms with Crippen molar-refractivity contribution in [3.8, 4) is 0 Å². The molecule has 1 aromatic carbocycles. The quantitative estimate of drug-likeness (QED) is 0.885. The van der Waals surface area contributed by atoms with E-state index in [0.717, 1.165) is 29.3 Å². The van der Waals surface area contributed by atoms with Crippen molar-refractivity contribution in [3.05, 3.63) is 34.1 Å². The van der Waals surface area contributed by atoms with E-state index >= 15 is 0 Å². The number of hydrogen-bond donors (Lipinski definition) is 1. The van der Waals surface area contributed by atoms with E-state index in [1.807, 2.05) is 0 Å². The number of rotatable bonds is 4. The zero-order valence-corrected chi connectivity index (χ0v) is 11.1. The van der Waals surface area contributed by atoms with Crippen LogP contribution in [-0.4, -0.2) is 0 Å². The van der Waals surface area contributed by atoms with Gasteiger partial charge in [-0.3, -0.25) is 0 Å². The summed E-state index contributed by atoms with van der Waals surface area (Å²) in [5, 5.41) is 0. The van der Waals surface area contributed by atoms with Gasteiger partial charge in [-0.2, -0.15) is 0 Å². The molecule has 1 nitrogen and oxygen atoms in total. The van der Waals surface area contributed by atoms with Crippen molar-refractivity contribution < 1.29 is 4.39 Å². The molecule has 0 saturated carbocycles. The average molecular weight is 297 g/mol. The predicted octanol–water partition coefficient (Wildman–Crippen LogP) is 4.20. The van der Waals surface area contributed by atoms with Crippen molar-refractivity contribution in [1.29, 1.82) is 0 Å². The molecule has 1 aromatic rings. The highest BCUT2D eigenvalue weighted by atomic mass is 79.9. The van der Waals surface area contributed by atoms with Crippen molar-refractivity contribution in [2.75, 3.05) is 0 Å². The van der Waals surface area contributed by atoms with E-state index in [4.69, 9.17) is 5.73 Å². The van der Waals surface area contributed by atoms with Crippen LogP contribution < -0.4 is 5.73 Å². The van der Waals surface area contributed by atoms with E-state index in [1.165, 1.54) is 12.1 Å². The van der Waals surface area contributed by atoms with Gasteiger partial charge in [-0.1, -0.05) is 41.8 Å². The fourth-order valence-electron chi connectivity index (χ4n) is 1.38. The van der Waals surface area contributed by atoms with Gasteiger partial charge in [-0.15, -0.1) is 12.4 Å². The first kappa shape index (κ1) is 14.9. The molecule has 0 spiro atoms. The van der Waals surface area contributed by atoms with Crippen LogP contribution in [0, 0.1) is 5.82 Å². The van der Waals surface area contributed by atoms with Crippen LogP contribution in [0.5, 0.6) is 0 Å². The van der Waals surface area contributed by atoms with Gasteiger partial charge in [0.1, 0.15) is 5.82 Å². The minimum absolute atomic E-state index is 0. The molecule has 0 aliphatic rings. The van der Waals surface area contributed by atoms with E-state index in [2.05, 4.69) is 22.9 Å². The molecular weight excluding hydrogens is 280 g/mol. The van der Waals surface area contributed by atoms with Crippen LogP contribution in [0.4, 0.5) is 4.39 Å². The molecular formula is C11H16BrClFN. The summed E-state index contributed by atoms with van der Waals surface area (Å²) >= 11 is 3.32. The Bertz CT molecular complexity index is 307. The smallest absolute Gasteiger partial charge is 0.124 e. The first-order valence-corrected chi connectivity index (χ1v) is 5.65. The molecule has 86 valence electrons. The van der Waals surface area contributed by atoms with Gasteiger partial charge in [-0.25, -0.2) is 4.39 Å². The van der Waals surface area contributed by atoms with Gasteiger partial charge >= 0.3 is 0 Å². The molecule has 0 aliphatic heterocycles. The van der Waals surface area contributed by atoms with Gasteiger partial charge in [0.2, 0.25) is 0 Å². The molecule has 0 unspecified atom stereocenters. The highest BCUT2D eigenvalue weighted by Gasteiger charge is 2.09. The van der Waals surface area contributed by atoms with Gasteiger partial charge in [0.05, 0.1) is 0 Å². The maximum Gasteiger partial charge on any atom is 0.124 e. The Morgan fingerprint density at radius 3 is 2.67 bits per heavy atom. The summed E-state index contributed by atoms with van der Waals surface area (Å²) in [6.07, 6.45) is 3.18. The van der Waals surface area contributed by atoms with Crippen LogP contribution in [0.3, 0.4) is 0 Å². The summed E-state index contributed by atoms with van der Waals surface area (Å²) in [4.78, 5) is 0. The summed E-state index contributed by atoms with van der Waals surface area (Å²) in [5.41, 5.74) is 6.97. The lowest BCUT2D eigenvalue weighted by Crippen LogP contribution is -2.10. The second-order valence-electron chi connectivity index (χ2n) is 3.41. The molecule has 0 saturated heterocycles. The van der Waals surface area contributed by atoms with Crippen LogP contribution in [0.25, 0.3) is 0 Å². The first-order valence-electron chi connectivity index (χ1n) is 4.85. The largest absolute Gasteiger partial charge is 0.324 e. The maximum atomic E-state index is 12.8. The highest BCUT2D eigenvalue weighted by molar-refractivity contribution is 9.10. The van der Waals surface area contributed by atoms with Crippen LogP contribution in [0.2, 0.25) is 0 Å². The van der Waals surface area contributed by atoms with Crippen molar-refractivity contribution in [2.24, 2.45) is 5.73 Å². The zero-order chi connectivity index (χ0) is 10.6. The molecule has 4 heteroatoms. The third kappa shape index (κ3) is 4.49. The summed E-state index contributed by atoms with van der Waals surface area (Å²) in [6, 6.07) is 4.66. The molecule has 0 bridgehead atoms. The molecule has 15 heavy (non-hydrogen) atoms. The Morgan fingerprint density at radius 2 is 2.13 bits per heavy atom. The Kier molecular flexibility index (Phi) is 7.14. The third-order valence-corrected chi connectivity index (χ3v) is 2.92. The molecule has 0 aromatic heterocycles. The van der Waals surface area contributed by atoms with Gasteiger partial charge in [0.15, 0.2) is 0 Å². The Morgan fingerprint density at radius 1 is 1.47 bits per heavy atom. The van der Waals surface area contributed by atoms with Crippen LogP contribution in [0.15, 0.2) is 22.7 Å². The number of nitrogens with two attached hydrogens (primary N) is 1. The fraction of sp³-hybridized carbons (Fsp3) is 0.455. The Labute approximate surface area is 105 Å². The highest BCUT2D eigenvalue weighted by Crippen LogP contribution is 2.25.